The number of carbonyl (C=O) groups excluding carboxylic acids is 1. The molecule has 3 atom stereocenters. The van der Waals surface area contributed by atoms with Gasteiger partial charge in [-0.1, -0.05) is 5.16 Å². The molecule has 1 aliphatic carbocycles. The molecule has 2 aromatic heterocycles. The molecule has 10 nitrogen and oxygen atoms in total. The van der Waals surface area contributed by atoms with Gasteiger partial charge in [0.05, 0.1) is 17.4 Å². The molecule has 2 aliphatic rings. The maximum Gasteiger partial charge on any atom is 0.244 e. The zero-order chi connectivity index (χ0) is 20.8. The van der Waals surface area contributed by atoms with E-state index in [9.17, 15) is 13.2 Å². The number of hydrogen-bond donors (Lipinski definition) is 1. The Hall–Kier alpha value is -2.27. The first kappa shape index (κ1) is 20.0. The Bertz CT molecular complexity index is 1020. The SMILES string of the molecule is CCS(=O)(=O)N[C@@H]1C[C@H]2CN(C(=O)Cn3cc(C)cn3)C[C@@]2(c2nc(C)no2)C1. The molecule has 1 amide bonds. The van der Waals surface area contributed by atoms with Crippen LogP contribution in [-0.2, 0) is 26.8 Å². The average molecular weight is 423 g/mol. The van der Waals surface area contributed by atoms with Gasteiger partial charge in [-0.15, -0.1) is 0 Å². The van der Waals surface area contributed by atoms with E-state index in [1.54, 1.807) is 24.7 Å². The average Bonchev–Trinajstić information content (AvgIpc) is 3.38. The fourth-order valence-corrected chi connectivity index (χ4v) is 5.46. The first-order valence-corrected chi connectivity index (χ1v) is 11.4. The van der Waals surface area contributed by atoms with E-state index in [1.807, 2.05) is 18.0 Å². The van der Waals surface area contributed by atoms with Gasteiger partial charge in [-0.25, -0.2) is 13.1 Å². The van der Waals surface area contributed by atoms with Gasteiger partial charge in [0.1, 0.15) is 6.54 Å². The van der Waals surface area contributed by atoms with Gasteiger partial charge in [-0.2, -0.15) is 10.1 Å². The molecule has 4 rings (SSSR count). The molecule has 2 aromatic rings. The number of aryl methyl sites for hydroxylation is 2. The second-order valence-corrected chi connectivity index (χ2v) is 10.2. The molecule has 1 saturated heterocycles. The summed E-state index contributed by atoms with van der Waals surface area (Å²) in [6.45, 7) is 6.44. The molecule has 29 heavy (non-hydrogen) atoms. The third-order valence-electron chi connectivity index (χ3n) is 5.97. The van der Waals surface area contributed by atoms with Crippen LogP contribution >= 0.6 is 0 Å². The van der Waals surface area contributed by atoms with E-state index in [0.717, 1.165) is 5.56 Å². The largest absolute Gasteiger partial charge is 0.340 e. The van der Waals surface area contributed by atoms with Crippen LogP contribution in [0.4, 0.5) is 0 Å². The smallest absolute Gasteiger partial charge is 0.244 e. The summed E-state index contributed by atoms with van der Waals surface area (Å²) in [5, 5.41) is 8.12. The highest BCUT2D eigenvalue weighted by Crippen LogP contribution is 2.50. The molecule has 1 aliphatic heterocycles. The van der Waals surface area contributed by atoms with Crippen LogP contribution in [0.25, 0.3) is 0 Å². The highest BCUT2D eigenvalue weighted by molar-refractivity contribution is 7.89. The first-order valence-electron chi connectivity index (χ1n) is 9.78. The molecule has 1 saturated carbocycles. The number of nitrogens with zero attached hydrogens (tertiary/aromatic N) is 5. The van der Waals surface area contributed by atoms with E-state index in [4.69, 9.17) is 4.52 Å². The lowest BCUT2D eigenvalue weighted by atomic mass is 9.80. The third-order valence-corrected chi connectivity index (χ3v) is 7.42. The van der Waals surface area contributed by atoms with Crippen molar-refractivity contribution in [2.45, 2.75) is 51.6 Å². The molecule has 0 unspecified atom stereocenters. The van der Waals surface area contributed by atoms with Crippen molar-refractivity contribution >= 4 is 15.9 Å². The Balaban J connectivity index is 1.55. The number of aromatic nitrogens is 4. The topological polar surface area (TPSA) is 123 Å². The summed E-state index contributed by atoms with van der Waals surface area (Å²) in [5.41, 5.74) is 0.470. The van der Waals surface area contributed by atoms with Gasteiger partial charge in [0, 0.05) is 25.3 Å². The van der Waals surface area contributed by atoms with Gasteiger partial charge in [0.15, 0.2) is 5.82 Å². The normalized spacial score (nSPS) is 26.8. The molecule has 11 heteroatoms. The van der Waals surface area contributed by atoms with Gasteiger partial charge in [-0.05, 0) is 45.1 Å². The predicted molar refractivity (Wildman–Crippen MR) is 103 cm³/mol. The summed E-state index contributed by atoms with van der Waals surface area (Å²) >= 11 is 0. The highest BCUT2D eigenvalue weighted by Gasteiger charge is 2.58. The Labute approximate surface area is 169 Å². The summed E-state index contributed by atoms with van der Waals surface area (Å²) in [6, 6.07) is -0.205. The van der Waals surface area contributed by atoms with Gasteiger partial charge >= 0.3 is 0 Å². The standard InChI is InChI=1S/C18H26N6O4S/c1-4-29(26,27)22-15-5-14-9-23(16(25)10-24-8-12(2)7-19-24)11-18(14,6-15)17-20-13(3)21-28-17/h7-8,14-15,22H,4-6,9-11H2,1-3H3/t14-,15+,18-/m0/s1. The molecule has 2 fully saturated rings. The molecule has 0 spiro atoms. The van der Waals surface area contributed by atoms with Gasteiger partial charge in [0.2, 0.25) is 21.8 Å². The second-order valence-electron chi connectivity index (χ2n) is 8.15. The minimum atomic E-state index is -3.31. The summed E-state index contributed by atoms with van der Waals surface area (Å²) in [7, 11) is -3.31. The number of rotatable bonds is 6. The van der Waals surface area contributed by atoms with Crippen molar-refractivity contribution in [1.82, 2.24) is 29.5 Å². The summed E-state index contributed by atoms with van der Waals surface area (Å²) in [6.07, 6.45) is 4.72. The summed E-state index contributed by atoms with van der Waals surface area (Å²) in [5.74, 6) is 1.08. The fourth-order valence-electron chi connectivity index (χ4n) is 4.61. The van der Waals surface area contributed by atoms with Crippen molar-refractivity contribution in [3.63, 3.8) is 0 Å². The van der Waals surface area contributed by atoms with Crippen LogP contribution in [0, 0.1) is 19.8 Å². The van der Waals surface area contributed by atoms with Crippen LogP contribution < -0.4 is 4.72 Å². The van der Waals surface area contributed by atoms with Gasteiger partial charge in [0.25, 0.3) is 0 Å². The summed E-state index contributed by atoms with van der Waals surface area (Å²) in [4.78, 5) is 19.1. The molecule has 158 valence electrons. The van der Waals surface area contributed by atoms with E-state index < -0.39 is 15.4 Å². The van der Waals surface area contributed by atoms with Crippen molar-refractivity contribution in [2.24, 2.45) is 5.92 Å². The maximum atomic E-state index is 12.9. The van der Waals surface area contributed by atoms with Crippen LogP contribution in [0.15, 0.2) is 16.9 Å². The quantitative estimate of drug-likeness (QED) is 0.714. The van der Waals surface area contributed by atoms with Gasteiger partial charge in [-0.3, -0.25) is 9.48 Å². The van der Waals surface area contributed by atoms with Crippen LogP contribution in [0.3, 0.4) is 0 Å². The van der Waals surface area contributed by atoms with Crippen LogP contribution in [0.5, 0.6) is 0 Å². The van der Waals surface area contributed by atoms with E-state index >= 15 is 0 Å². The molecule has 0 radical (unpaired) electrons. The van der Waals surface area contributed by atoms with Crippen molar-refractivity contribution < 1.29 is 17.7 Å². The Morgan fingerprint density at radius 1 is 1.41 bits per heavy atom. The fraction of sp³-hybridized carbons (Fsp3) is 0.667. The second kappa shape index (κ2) is 7.21. The van der Waals surface area contributed by atoms with Crippen LogP contribution in [0.2, 0.25) is 0 Å². The van der Waals surface area contributed by atoms with E-state index in [0.29, 0.717) is 37.6 Å². The lowest BCUT2D eigenvalue weighted by molar-refractivity contribution is -0.131. The number of nitrogens with one attached hydrogen (secondary N) is 1. The molecule has 0 aromatic carbocycles. The number of hydrogen-bond acceptors (Lipinski definition) is 7. The Kier molecular flexibility index (Phi) is 4.97. The summed E-state index contributed by atoms with van der Waals surface area (Å²) < 4.78 is 34.1. The number of amides is 1. The minimum absolute atomic E-state index is 0.0243. The first-order chi connectivity index (χ1) is 13.7. The van der Waals surface area contributed by atoms with E-state index in [1.165, 1.54) is 0 Å². The third kappa shape index (κ3) is 3.80. The predicted octanol–water partition coefficient (Wildman–Crippen LogP) is 0.381. The lowest BCUT2D eigenvalue weighted by Gasteiger charge is -2.25. The highest BCUT2D eigenvalue weighted by atomic mass is 32.2. The van der Waals surface area contributed by atoms with Crippen molar-refractivity contribution in [3.8, 4) is 0 Å². The number of likely N-dealkylation sites (tertiary alicyclic amines) is 1. The Morgan fingerprint density at radius 3 is 2.83 bits per heavy atom. The molecular weight excluding hydrogens is 396 g/mol. The number of carbonyl (C=O) groups is 1. The van der Waals surface area contributed by atoms with Crippen LogP contribution in [0.1, 0.15) is 37.0 Å². The van der Waals surface area contributed by atoms with Crippen LogP contribution in [-0.4, -0.2) is 64.0 Å². The molecule has 1 N–H and O–H groups in total. The van der Waals surface area contributed by atoms with E-state index in [2.05, 4.69) is 20.0 Å². The zero-order valence-electron chi connectivity index (χ0n) is 16.8. The lowest BCUT2D eigenvalue weighted by Crippen LogP contribution is -2.40. The molecule has 0 bridgehead atoms. The zero-order valence-corrected chi connectivity index (χ0v) is 17.6. The van der Waals surface area contributed by atoms with Gasteiger partial charge < -0.3 is 9.42 Å². The maximum absolute atomic E-state index is 12.9. The molecule has 3 heterocycles. The van der Waals surface area contributed by atoms with Crippen molar-refractivity contribution in [3.05, 3.63) is 29.7 Å². The Morgan fingerprint density at radius 2 is 2.21 bits per heavy atom. The minimum Gasteiger partial charge on any atom is -0.340 e. The van der Waals surface area contributed by atoms with Crippen molar-refractivity contribution in [2.75, 3.05) is 18.8 Å². The molecular formula is C18H26N6O4S. The van der Waals surface area contributed by atoms with Crippen molar-refractivity contribution in [1.29, 1.82) is 0 Å². The number of sulfonamides is 1. The monoisotopic (exact) mass is 422 g/mol. The number of fused-ring (bicyclic) bond motifs is 1. The van der Waals surface area contributed by atoms with E-state index in [-0.39, 0.29) is 30.2 Å².